The lowest BCUT2D eigenvalue weighted by molar-refractivity contribution is -0.116. The number of rotatable bonds is 5. The third-order valence-electron chi connectivity index (χ3n) is 2.97. The predicted octanol–water partition coefficient (Wildman–Crippen LogP) is 1.25. The molecule has 2 amide bonds. The van der Waals surface area contributed by atoms with E-state index in [1.165, 1.54) is 16.0 Å². The Labute approximate surface area is 126 Å². The number of carbonyl (C=O) groups is 2. The summed E-state index contributed by atoms with van der Waals surface area (Å²) in [6.45, 7) is 4.12. The van der Waals surface area contributed by atoms with Crippen LogP contribution in [0.2, 0.25) is 0 Å². The van der Waals surface area contributed by atoms with E-state index >= 15 is 0 Å². The lowest BCUT2D eigenvalue weighted by Crippen LogP contribution is -2.29. The number of amides is 2. The molecule has 0 saturated heterocycles. The number of thiazole rings is 1. The molecule has 112 valence electrons. The fourth-order valence-electron chi connectivity index (χ4n) is 1.68. The second kappa shape index (κ2) is 6.49. The Kier molecular flexibility index (Phi) is 4.69. The highest BCUT2D eigenvalue weighted by Gasteiger charge is 2.11. The van der Waals surface area contributed by atoms with E-state index in [2.05, 4.69) is 20.7 Å². The molecule has 2 rings (SSSR count). The number of nitrogens with zero attached hydrogens (tertiary/aromatic N) is 3. The van der Waals surface area contributed by atoms with E-state index in [-0.39, 0.29) is 24.8 Å². The van der Waals surface area contributed by atoms with Gasteiger partial charge in [0.05, 0.1) is 5.69 Å². The second-order valence-electron chi connectivity index (χ2n) is 4.55. The zero-order valence-electron chi connectivity index (χ0n) is 12.1. The molecular formula is C13H17N5O2S. The van der Waals surface area contributed by atoms with Gasteiger partial charge in [0.15, 0.2) is 5.13 Å². The van der Waals surface area contributed by atoms with Gasteiger partial charge in [-0.05, 0) is 19.9 Å². The molecule has 0 aliphatic heterocycles. The van der Waals surface area contributed by atoms with Crippen molar-refractivity contribution in [3.05, 3.63) is 28.5 Å². The van der Waals surface area contributed by atoms with Crippen molar-refractivity contribution in [1.29, 1.82) is 0 Å². The van der Waals surface area contributed by atoms with Gasteiger partial charge >= 0.3 is 0 Å². The highest BCUT2D eigenvalue weighted by Crippen LogP contribution is 2.20. The van der Waals surface area contributed by atoms with Crippen molar-refractivity contribution < 1.29 is 9.59 Å². The van der Waals surface area contributed by atoms with Crippen LogP contribution in [-0.4, -0.2) is 33.1 Å². The minimum atomic E-state index is -0.247. The number of hydrogen-bond acceptors (Lipinski definition) is 5. The number of aromatic nitrogens is 3. The van der Waals surface area contributed by atoms with Crippen LogP contribution in [0.5, 0.6) is 0 Å². The molecule has 0 fully saturated rings. The first-order chi connectivity index (χ1) is 9.97. The lowest BCUT2D eigenvalue weighted by Gasteiger charge is -2.05. The molecule has 2 heterocycles. The quantitative estimate of drug-likeness (QED) is 0.870. The van der Waals surface area contributed by atoms with E-state index < -0.39 is 0 Å². The Morgan fingerprint density at radius 1 is 1.38 bits per heavy atom. The largest absolute Gasteiger partial charge is 0.350 e. The fraction of sp³-hybridized carbons (Fsp3) is 0.385. The summed E-state index contributed by atoms with van der Waals surface area (Å²) in [5, 5.41) is 9.91. The second-order valence-corrected chi connectivity index (χ2v) is 5.76. The van der Waals surface area contributed by atoms with E-state index in [1.54, 1.807) is 19.3 Å². The van der Waals surface area contributed by atoms with Gasteiger partial charge in [0, 0.05) is 31.1 Å². The maximum atomic E-state index is 11.8. The summed E-state index contributed by atoms with van der Waals surface area (Å²) in [4.78, 5) is 28.9. The third kappa shape index (κ3) is 3.88. The zero-order chi connectivity index (χ0) is 15.4. The van der Waals surface area contributed by atoms with Crippen LogP contribution in [0.4, 0.5) is 5.13 Å². The Hall–Kier alpha value is -2.22. The van der Waals surface area contributed by atoms with Gasteiger partial charge in [0.1, 0.15) is 5.69 Å². The molecule has 2 N–H and O–H groups in total. The number of aryl methyl sites for hydroxylation is 3. The van der Waals surface area contributed by atoms with Gasteiger partial charge in [-0.25, -0.2) is 4.98 Å². The summed E-state index contributed by atoms with van der Waals surface area (Å²) < 4.78 is 1.48. The molecule has 0 radical (unpaired) electrons. The van der Waals surface area contributed by atoms with E-state index in [9.17, 15) is 9.59 Å². The van der Waals surface area contributed by atoms with Crippen LogP contribution >= 0.6 is 11.3 Å². The van der Waals surface area contributed by atoms with Crippen LogP contribution in [-0.2, 0) is 11.8 Å². The van der Waals surface area contributed by atoms with Gasteiger partial charge in [0.2, 0.25) is 5.91 Å². The molecular weight excluding hydrogens is 290 g/mol. The Bertz CT molecular complexity index is 642. The Balaban J connectivity index is 1.77. The fourth-order valence-corrected chi connectivity index (χ4v) is 2.52. The van der Waals surface area contributed by atoms with Crippen molar-refractivity contribution in [3.63, 3.8) is 0 Å². The molecule has 7 nitrogen and oxygen atoms in total. The molecule has 8 heteroatoms. The lowest BCUT2D eigenvalue weighted by atomic mass is 10.3. The average Bonchev–Trinajstić information content (AvgIpc) is 2.96. The first-order valence-corrected chi connectivity index (χ1v) is 7.29. The molecule has 0 spiro atoms. The summed E-state index contributed by atoms with van der Waals surface area (Å²) in [7, 11) is 1.69. The number of hydrogen-bond donors (Lipinski definition) is 2. The van der Waals surface area contributed by atoms with Crippen LogP contribution in [0.3, 0.4) is 0 Å². The minimum Gasteiger partial charge on any atom is -0.350 e. The van der Waals surface area contributed by atoms with Crippen LogP contribution in [0.1, 0.15) is 27.5 Å². The molecule has 2 aromatic heterocycles. The summed E-state index contributed by atoms with van der Waals surface area (Å²) in [6.07, 6.45) is 1.75. The van der Waals surface area contributed by atoms with Gasteiger partial charge in [0.25, 0.3) is 5.91 Å². The van der Waals surface area contributed by atoms with Gasteiger partial charge in [-0.1, -0.05) is 0 Å². The van der Waals surface area contributed by atoms with Crippen LogP contribution < -0.4 is 10.6 Å². The molecule has 0 unspecified atom stereocenters. The SMILES string of the molecule is Cc1nc(NC(=O)CCNC(=O)c2ccnn2C)sc1C. The van der Waals surface area contributed by atoms with Gasteiger partial charge in [-0.3, -0.25) is 14.3 Å². The van der Waals surface area contributed by atoms with E-state index in [1.807, 2.05) is 13.8 Å². The smallest absolute Gasteiger partial charge is 0.269 e. The zero-order valence-corrected chi connectivity index (χ0v) is 13.0. The molecule has 2 aromatic rings. The highest BCUT2D eigenvalue weighted by molar-refractivity contribution is 7.15. The maximum Gasteiger partial charge on any atom is 0.269 e. The van der Waals surface area contributed by atoms with Crippen molar-refractivity contribution >= 4 is 28.3 Å². The third-order valence-corrected chi connectivity index (χ3v) is 3.95. The minimum absolute atomic E-state index is 0.172. The van der Waals surface area contributed by atoms with Crippen molar-refractivity contribution in [1.82, 2.24) is 20.1 Å². The Morgan fingerprint density at radius 3 is 2.71 bits per heavy atom. The monoisotopic (exact) mass is 307 g/mol. The normalized spacial score (nSPS) is 10.4. The average molecular weight is 307 g/mol. The van der Waals surface area contributed by atoms with E-state index in [0.29, 0.717) is 10.8 Å². The summed E-state index contributed by atoms with van der Waals surface area (Å²) >= 11 is 1.44. The van der Waals surface area contributed by atoms with Gasteiger partial charge < -0.3 is 10.6 Å². The number of carbonyl (C=O) groups excluding carboxylic acids is 2. The van der Waals surface area contributed by atoms with Crippen molar-refractivity contribution in [3.8, 4) is 0 Å². The number of anilines is 1. The number of nitrogens with one attached hydrogen (secondary N) is 2. The predicted molar refractivity (Wildman–Crippen MR) is 80.4 cm³/mol. The van der Waals surface area contributed by atoms with Crippen molar-refractivity contribution in [2.45, 2.75) is 20.3 Å². The maximum absolute atomic E-state index is 11.8. The van der Waals surface area contributed by atoms with E-state index in [4.69, 9.17) is 0 Å². The topological polar surface area (TPSA) is 88.9 Å². The summed E-state index contributed by atoms with van der Waals surface area (Å²) in [5.41, 5.74) is 1.38. The molecule has 0 bridgehead atoms. The summed E-state index contributed by atoms with van der Waals surface area (Å²) in [5.74, 6) is -0.419. The summed E-state index contributed by atoms with van der Waals surface area (Å²) in [6, 6.07) is 1.62. The van der Waals surface area contributed by atoms with Crippen LogP contribution in [0.15, 0.2) is 12.3 Å². The molecule has 0 aliphatic rings. The Morgan fingerprint density at radius 2 is 2.14 bits per heavy atom. The molecule has 0 atom stereocenters. The van der Waals surface area contributed by atoms with Gasteiger partial charge in [-0.2, -0.15) is 5.10 Å². The van der Waals surface area contributed by atoms with E-state index in [0.717, 1.165) is 10.6 Å². The molecule has 0 aromatic carbocycles. The molecule has 21 heavy (non-hydrogen) atoms. The molecule has 0 saturated carbocycles. The van der Waals surface area contributed by atoms with Crippen LogP contribution in [0, 0.1) is 13.8 Å². The standard InChI is InChI=1S/C13H17N5O2S/c1-8-9(2)21-13(16-8)17-11(19)5-6-14-12(20)10-4-7-15-18(10)3/h4,7H,5-6H2,1-3H3,(H,14,20)(H,16,17,19). The van der Waals surface area contributed by atoms with Crippen molar-refractivity contribution in [2.75, 3.05) is 11.9 Å². The first-order valence-electron chi connectivity index (χ1n) is 6.47. The van der Waals surface area contributed by atoms with Crippen LogP contribution in [0.25, 0.3) is 0 Å². The van der Waals surface area contributed by atoms with Crippen molar-refractivity contribution in [2.24, 2.45) is 7.05 Å². The highest BCUT2D eigenvalue weighted by atomic mass is 32.1. The first kappa shape index (κ1) is 15.2. The van der Waals surface area contributed by atoms with Gasteiger partial charge in [-0.15, -0.1) is 11.3 Å². The molecule has 0 aliphatic carbocycles.